The lowest BCUT2D eigenvalue weighted by atomic mass is 10.0. The molecule has 1 aromatic carbocycles. The predicted molar refractivity (Wildman–Crippen MR) is 76.0 cm³/mol. The second-order valence-electron chi connectivity index (χ2n) is 4.76. The molecule has 1 heterocycles. The molecule has 0 radical (unpaired) electrons. The highest BCUT2D eigenvalue weighted by molar-refractivity contribution is 9.10. The van der Waals surface area contributed by atoms with Crippen LogP contribution in [0.3, 0.4) is 0 Å². The third kappa shape index (κ3) is 3.98. The quantitative estimate of drug-likeness (QED) is 0.863. The Labute approximate surface area is 121 Å². The molecule has 1 aromatic rings. The van der Waals surface area contributed by atoms with Crippen molar-refractivity contribution in [3.63, 3.8) is 0 Å². The Balaban J connectivity index is 2.11. The first-order chi connectivity index (χ1) is 8.87. The van der Waals surface area contributed by atoms with E-state index in [1.807, 2.05) is 0 Å². The van der Waals surface area contributed by atoms with E-state index >= 15 is 0 Å². The molecular formula is C12H16BrFN2O2S. The topological polar surface area (TPSA) is 58.2 Å². The third-order valence-corrected chi connectivity index (χ3v) is 4.53. The first-order valence-corrected chi connectivity index (χ1v) is 8.69. The summed E-state index contributed by atoms with van der Waals surface area (Å²) >= 11 is 3.15. The monoisotopic (exact) mass is 350 g/mol. The van der Waals surface area contributed by atoms with E-state index in [0.717, 1.165) is 12.8 Å². The largest absolute Gasteiger partial charge is 0.312 e. The molecule has 19 heavy (non-hydrogen) atoms. The summed E-state index contributed by atoms with van der Waals surface area (Å²) in [6.07, 6.45) is 2.31. The Morgan fingerprint density at radius 3 is 2.95 bits per heavy atom. The Hall–Kier alpha value is -0.500. The number of halogens is 2. The van der Waals surface area contributed by atoms with Crippen LogP contribution in [-0.4, -0.2) is 33.3 Å². The van der Waals surface area contributed by atoms with E-state index in [9.17, 15) is 12.8 Å². The van der Waals surface area contributed by atoms with Crippen molar-refractivity contribution in [3.8, 4) is 0 Å². The maximum absolute atomic E-state index is 13.9. The maximum Gasteiger partial charge on any atom is 0.209 e. The van der Waals surface area contributed by atoms with E-state index < -0.39 is 10.0 Å². The molecule has 2 N–H and O–H groups in total. The Kier molecular flexibility index (Phi) is 4.60. The molecule has 0 bridgehead atoms. The van der Waals surface area contributed by atoms with E-state index in [-0.39, 0.29) is 17.9 Å². The van der Waals surface area contributed by atoms with Gasteiger partial charge in [-0.1, -0.05) is 12.1 Å². The van der Waals surface area contributed by atoms with Crippen LogP contribution in [0.25, 0.3) is 0 Å². The summed E-state index contributed by atoms with van der Waals surface area (Å²) in [7, 11) is -3.24. The lowest BCUT2D eigenvalue weighted by Gasteiger charge is -2.20. The fourth-order valence-corrected chi connectivity index (χ4v) is 3.58. The van der Waals surface area contributed by atoms with Gasteiger partial charge in [0.1, 0.15) is 5.82 Å². The molecule has 0 spiro atoms. The SMILES string of the molecule is CS(=O)(=O)NC1CCNC1Cc1cccc(Br)c1F. The van der Waals surface area contributed by atoms with Crippen molar-refractivity contribution in [2.24, 2.45) is 0 Å². The summed E-state index contributed by atoms with van der Waals surface area (Å²) in [5.74, 6) is -0.283. The number of hydrogen-bond acceptors (Lipinski definition) is 3. The minimum Gasteiger partial charge on any atom is -0.312 e. The normalized spacial score (nSPS) is 23.7. The summed E-state index contributed by atoms with van der Waals surface area (Å²) in [5, 5.41) is 3.22. The molecule has 1 aliphatic heterocycles. The van der Waals surface area contributed by atoms with Crippen LogP contribution in [0.4, 0.5) is 4.39 Å². The van der Waals surface area contributed by atoms with Gasteiger partial charge in [-0.25, -0.2) is 17.5 Å². The molecule has 7 heteroatoms. The highest BCUT2D eigenvalue weighted by Gasteiger charge is 2.29. The third-order valence-electron chi connectivity index (χ3n) is 3.18. The summed E-state index contributed by atoms with van der Waals surface area (Å²) in [6.45, 7) is 0.730. The second kappa shape index (κ2) is 5.87. The summed E-state index contributed by atoms with van der Waals surface area (Å²) in [5.41, 5.74) is 0.578. The van der Waals surface area contributed by atoms with Crippen LogP contribution in [0, 0.1) is 5.82 Å². The van der Waals surface area contributed by atoms with Gasteiger partial charge in [0.05, 0.1) is 10.7 Å². The van der Waals surface area contributed by atoms with E-state index in [2.05, 4.69) is 26.0 Å². The molecule has 0 aliphatic carbocycles. The van der Waals surface area contributed by atoms with Crippen molar-refractivity contribution in [3.05, 3.63) is 34.1 Å². The predicted octanol–water partition coefficient (Wildman–Crippen LogP) is 1.41. The van der Waals surface area contributed by atoms with Crippen molar-refractivity contribution in [2.75, 3.05) is 12.8 Å². The van der Waals surface area contributed by atoms with E-state index in [1.165, 1.54) is 0 Å². The molecule has 0 saturated carbocycles. The molecule has 1 aliphatic rings. The van der Waals surface area contributed by atoms with E-state index in [1.54, 1.807) is 18.2 Å². The smallest absolute Gasteiger partial charge is 0.209 e. The first-order valence-electron chi connectivity index (χ1n) is 6.00. The number of nitrogens with one attached hydrogen (secondary N) is 2. The molecule has 2 atom stereocenters. The van der Waals surface area contributed by atoms with Gasteiger partial charge in [0.25, 0.3) is 0 Å². The Morgan fingerprint density at radius 1 is 1.53 bits per heavy atom. The van der Waals surface area contributed by atoms with Gasteiger partial charge in [-0.3, -0.25) is 0 Å². The van der Waals surface area contributed by atoms with Gasteiger partial charge in [0, 0.05) is 12.1 Å². The first kappa shape index (κ1) is 14.9. The summed E-state index contributed by atoms with van der Waals surface area (Å²) in [4.78, 5) is 0. The van der Waals surface area contributed by atoms with Gasteiger partial charge in [-0.2, -0.15) is 0 Å². The zero-order valence-electron chi connectivity index (χ0n) is 10.5. The fourth-order valence-electron chi connectivity index (χ4n) is 2.34. The van der Waals surface area contributed by atoms with E-state index in [0.29, 0.717) is 22.9 Å². The summed E-state index contributed by atoms with van der Waals surface area (Å²) in [6, 6.07) is 4.87. The van der Waals surface area contributed by atoms with Gasteiger partial charge in [-0.15, -0.1) is 0 Å². The minimum atomic E-state index is -3.24. The second-order valence-corrected chi connectivity index (χ2v) is 7.40. The zero-order chi connectivity index (χ0) is 14.0. The molecule has 2 unspecified atom stereocenters. The van der Waals surface area contributed by atoms with Gasteiger partial charge in [-0.05, 0) is 46.9 Å². The van der Waals surface area contributed by atoms with Gasteiger partial charge >= 0.3 is 0 Å². The van der Waals surface area contributed by atoms with Crippen molar-refractivity contribution in [1.29, 1.82) is 0 Å². The van der Waals surface area contributed by atoms with Crippen molar-refractivity contribution in [2.45, 2.75) is 24.9 Å². The Morgan fingerprint density at radius 2 is 2.26 bits per heavy atom. The standard InChI is InChI=1S/C12H16BrFN2O2S/c1-19(17,18)16-10-5-6-15-11(10)7-8-3-2-4-9(13)12(8)14/h2-4,10-11,15-16H,5-7H2,1H3. The molecule has 0 amide bonds. The van der Waals surface area contributed by atoms with Crippen molar-refractivity contribution < 1.29 is 12.8 Å². The number of benzene rings is 1. The lowest BCUT2D eigenvalue weighted by Crippen LogP contribution is -2.44. The van der Waals surface area contributed by atoms with Crippen LogP contribution in [-0.2, 0) is 16.4 Å². The highest BCUT2D eigenvalue weighted by Crippen LogP contribution is 2.22. The van der Waals surface area contributed by atoms with Crippen LogP contribution >= 0.6 is 15.9 Å². The van der Waals surface area contributed by atoms with Crippen LogP contribution in [0.2, 0.25) is 0 Å². The van der Waals surface area contributed by atoms with Crippen LogP contribution in [0.15, 0.2) is 22.7 Å². The molecule has 2 rings (SSSR count). The number of sulfonamides is 1. The average Bonchev–Trinajstić information content (AvgIpc) is 2.70. The zero-order valence-corrected chi connectivity index (χ0v) is 12.9. The van der Waals surface area contributed by atoms with Gasteiger partial charge in [0.2, 0.25) is 10.0 Å². The van der Waals surface area contributed by atoms with Crippen LogP contribution in [0.5, 0.6) is 0 Å². The maximum atomic E-state index is 13.9. The average molecular weight is 351 g/mol. The molecular weight excluding hydrogens is 335 g/mol. The minimum absolute atomic E-state index is 0.0847. The van der Waals surface area contributed by atoms with Crippen LogP contribution < -0.4 is 10.0 Å². The summed E-state index contributed by atoms with van der Waals surface area (Å²) < 4.78 is 39.5. The molecule has 1 fully saturated rings. The Bertz CT molecular complexity index is 565. The molecule has 0 aromatic heterocycles. The van der Waals surface area contributed by atoms with Gasteiger partial charge < -0.3 is 5.32 Å². The van der Waals surface area contributed by atoms with Gasteiger partial charge in [0.15, 0.2) is 0 Å². The van der Waals surface area contributed by atoms with Crippen molar-refractivity contribution in [1.82, 2.24) is 10.0 Å². The number of hydrogen-bond donors (Lipinski definition) is 2. The van der Waals surface area contributed by atoms with Crippen molar-refractivity contribution >= 4 is 26.0 Å². The number of rotatable bonds is 4. The fraction of sp³-hybridized carbons (Fsp3) is 0.500. The molecule has 1 saturated heterocycles. The lowest BCUT2D eigenvalue weighted by molar-refractivity contribution is 0.484. The van der Waals surface area contributed by atoms with Crippen LogP contribution in [0.1, 0.15) is 12.0 Å². The molecule has 4 nitrogen and oxygen atoms in total. The molecule has 106 valence electrons. The van der Waals surface area contributed by atoms with E-state index in [4.69, 9.17) is 0 Å². The highest BCUT2D eigenvalue weighted by atomic mass is 79.9.